The zero-order chi connectivity index (χ0) is 15.6. The van der Waals surface area contributed by atoms with Crippen molar-refractivity contribution in [2.75, 3.05) is 20.8 Å². The Labute approximate surface area is 123 Å². The van der Waals surface area contributed by atoms with Crippen LogP contribution in [0.1, 0.15) is 30.0 Å². The molecule has 1 unspecified atom stereocenters. The molecular weight excluding hydrogens is 277 g/mol. The molecule has 5 nitrogen and oxygen atoms in total. The normalized spacial score (nSPS) is 21.3. The summed E-state index contributed by atoms with van der Waals surface area (Å²) in [7, 11) is 3.10. The van der Waals surface area contributed by atoms with Crippen LogP contribution in [0.25, 0.3) is 0 Å². The summed E-state index contributed by atoms with van der Waals surface area (Å²) >= 11 is 0. The first kappa shape index (κ1) is 15.7. The van der Waals surface area contributed by atoms with E-state index < -0.39 is 17.9 Å². The molecule has 0 aromatic heterocycles. The average Bonchev–Trinajstić information content (AvgIpc) is 2.46. The van der Waals surface area contributed by atoms with Gasteiger partial charge in [0.15, 0.2) is 5.79 Å². The Morgan fingerprint density at radius 1 is 1.43 bits per heavy atom. The number of hydrogen-bond donors (Lipinski definition) is 1. The number of carbonyl (C=O) groups is 1. The highest BCUT2D eigenvalue weighted by atomic mass is 19.1. The molecule has 0 radical (unpaired) electrons. The molecule has 6 heteroatoms. The third-order valence-corrected chi connectivity index (χ3v) is 4.19. The maximum absolute atomic E-state index is 13.3. The lowest BCUT2D eigenvalue weighted by Gasteiger charge is -2.44. The molecule has 1 aromatic carbocycles. The molecule has 0 saturated carbocycles. The lowest BCUT2D eigenvalue weighted by atomic mass is 9.88. The van der Waals surface area contributed by atoms with E-state index in [2.05, 4.69) is 0 Å². The van der Waals surface area contributed by atoms with Crippen molar-refractivity contribution in [2.45, 2.75) is 31.6 Å². The zero-order valence-electron chi connectivity index (χ0n) is 12.4. The molecule has 1 aromatic rings. The van der Waals surface area contributed by atoms with E-state index in [1.165, 1.54) is 17.0 Å². The number of piperidine rings is 1. The van der Waals surface area contributed by atoms with E-state index >= 15 is 0 Å². The molecule has 21 heavy (non-hydrogen) atoms. The molecule has 116 valence electrons. The SMILES string of the molecule is COC1(OC)CCN(C(=O)O)C(c2ccc(F)cc2C)C1. The minimum absolute atomic E-state index is 0.304. The van der Waals surface area contributed by atoms with Gasteiger partial charge in [0.25, 0.3) is 0 Å². The summed E-state index contributed by atoms with van der Waals surface area (Å²) in [6, 6.07) is 3.97. The summed E-state index contributed by atoms with van der Waals surface area (Å²) in [6.07, 6.45) is -0.161. The van der Waals surface area contributed by atoms with Gasteiger partial charge in [0, 0.05) is 33.6 Å². The molecule has 2 rings (SSSR count). The van der Waals surface area contributed by atoms with E-state index in [0.29, 0.717) is 24.9 Å². The van der Waals surface area contributed by atoms with Crippen molar-refractivity contribution in [1.82, 2.24) is 4.90 Å². The van der Waals surface area contributed by atoms with Crippen LogP contribution in [0.15, 0.2) is 18.2 Å². The number of rotatable bonds is 3. The van der Waals surface area contributed by atoms with Gasteiger partial charge in [0.1, 0.15) is 5.82 Å². The quantitative estimate of drug-likeness (QED) is 0.871. The number of likely N-dealkylation sites (tertiary alicyclic amines) is 1. The lowest BCUT2D eigenvalue weighted by molar-refractivity contribution is -0.236. The van der Waals surface area contributed by atoms with E-state index in [4.69, 9.17) is 9.47 Å². The summed E-state index contributed by atoms with van der Waals surface area (Å²) in [5.74, 6) is -1.14. The smallest absolute Gasteiger partial charge is 0.407 e. The van der Waals surface area contributed by atoms with Crippen molar-refractivity contribution in [1.29, 1.82) is 0 Å². The molecule has 1 N–H and O–H groups in total. The van der Waals surface area contributed by atoms with Gasteiger partial charge in [-0.1, -0.05) is 6.07 Å². The van der Waals surface area contributed by atoms with Crippen molar-refractivity contribution in [3.05, 3.63) is 35.1 Å². The fourth-order valence-electron chi connectivity index (χ4n) is 2.93. The topological polar surface area (TPSA) is 59.0 Å². The summed E-state index contributed by atoms with van der Waals surface area (Å²) in [5.41, 5.74) is 1.49. The molecular formula is C15H20FNO4. The molecule has 1 amide bonds. The number of ether oxygens (including phenoxy) is 2. The van der Waals surface area contributed by atoms with Crippen LogP contribution >= 0.6 is 0 Å². The van der Waals surface area contributed by atoms with Gasteiger partial charge < -0.3 is 19.5 Å². The predicted octanol–water partition coefficient (Wildman–Crippen LogP) is 2.94. The summed E-state index contributed by atoms with van der Waals surface area (Å²) in [6.45, 7) is 2.08. The lowest BCUT2D eigenvalue weighted by Crippen LogP contribution is -2.50. The summed E-state index contributed by atoms with van der Waals surface area (Å²) in [5, 5.41) is 9.40. The van der Waals surface area contributed by atoms with Gasteiger partial charge in [-0.3, -0.25) is 0 Å². The Hall–Kier alpha value is -1.66. The molecule has 1 aliphatic heterocycles. The molecule has 1 heterocycles. The van der Waals surface area contributed by atoms with Gasteiger partial charge in [-0.15, -0.1) is 0 Å². The molecule has 1 atom stereocenters. The Morgan fingerprint density at radius 3 is 2.62 bits per heavy atom. The third-order valence-electron chi connectivity index (χ3n) is 4.19. The van der Waals surface area contributed by atoms with Crippen LogP contribution in [0.2, 0.25) is 0 Å². The monoisotopic (exact) mass is 297 g/mol. The van der Waals surface area contributed by atoms with Crippen molar-refractivity contribution in [3.8, 4) is 0 Å². The van der Waals surface area contributed by atoms with Crippen molar-refractivity contribution in [2.24, 2.45) is 0 Å². The molecule has 0 bridgehead atoms. The fraction of sp³-hybridized carbons (Fsp3) is 0.533. The third kappa shape index (κ3) is 3.01. The molecule has 1 aliphatic rings. The van der Waals surface area contributed by atoms with Crippen LogP contribution in [0.3, 0.4) is 0 Å². The molecule has 0 spiro atoms. The van der Waals surface area contributed by atoms with E-state index in [9.17, 15) is 14.3 Å². The number of nitrogens with zero attached hydrogens (tertiary/aromatic N) is 1. The van der Waals surface area contributed by atoms with E-state index in [1.54, 1.807) is 27.2 Å². The number of methoxy groups -OCH3 is 2. The minimum atomic E-state index is -0.996. The highest BCUT2D eigenvalue weighted by Gasteiger charge is 2.43. The standard InChI is InChI=1S/C15H20FNO4/c1-10-8-11(16)4-5-12(10)13-9-15(20-2,21-3)6-7-17(13)14(18)19/h4-5,8,13H,6-7,9H2,1-3H3,(H,18,19). The summed E-state index contributed by atoms with van der Waals surface area (Å²) < 4.78 is 24.2. The number of benzene rings is 1. The van der Waals surface area contributed by atoms with E-state index in [0.717, 1.165) is 5.56 Å². The average molecular weight is 297 g/mol. The second-order valence-corrected chi connectivity index (χ2v) is 5.27. The van der Waals surface area contributed by atoms with Crippen molar-refractivity contribution < 1.29 is 23.8 Å². The second-order valence-electron chi connectivity index (χ2n) is 5.27. The largest absolute Gasteiger partial charge is 0.465 e. The van der Waals surface area contributed by atoms with Crippen LogP contribution in [-0.2, 0) is 9.47 Å². The van der Waals surface area contributed by atoms with Crippen molar-refractivity contribution >= 4 is 6.09 Å². The van der Waals surface area contributed by atoms with Gasteiger partial charge >= 0.3 is 6.09 Å². The number of halogens is 1. The maximum Gasteiger partial charge on any atom is 0.407 e. The number of amides is 1. The van der Waals surface area contributed by atoms with Crippen LogP contribution in [0.5, 0.6) is 0 Å². The summed E-state index contributed by atoms with van der Waals surface area (Å²) in [4.78, 5) is 12.8. The van der Waals surface area contributed by atoms with Crippen LogP contribution in [0.4, 0.5) is 9.18 Å². The van der Waals surface area contributed by atoms with Crippen LogP contribution < -0.4 is 0 Å². The van der Waals surface area contributed by atoms with Gasteiger partial charge in [-0.2, -0.15) is 0 Å². The highest BCUT2D eigenvalue weighted by molar-refractivity contribution is 5.66. The zero-order valence-corrected chi connectivity index (χ0v) is 12.4. The Balaban J connectivity index is 2.40. The molecule has 1 saturated heterocycles. The molecule has 0 aliphatic carbocycles. The molecule has 1 fully saturated rings. The first-order valence-electron chi connectivity index (χ1n) is 6.78. The Kier molecular flexibility index (Phi) is 4.49. The highest BCUT2D eigenvalue weighted by Crippen LogP contribution is 2.40. The van der Waals surface area contributed by atoms with Gasteiger partial charge in [0.2, 0.25) is 0 Å². The Morgan fingerprint density at radius 2 is 2.10 bits per heavy atom. The van der Waals surface area contributed by atoms with Gasteiger partial charge in [-0.05, 0) is 30.2 Å². The van der Waals surface area contributed by atoms with Crippen LogP contribution in [0, 0.1) is 12.7 Å². The number of hydrogen-bond acceptors (Lipinski definition) is 3. The maximum atomic E-state index is 13.3. The first-order valence-corrected chi connectivity index (χ1v) is 6.78. The second kappa shape index (κ2) is 5.99. The number of carboxylic acid groups (broad SMARTS) is 1. The first-order chi connectivity index (χ1) is 9.92. The minimum Gasteiger partial charge on any atom is -0.465 e. The van der Waals surface area contributed by atoms with E-state index in [-0.39, 0.29) is 5.82 Å². The Bertz CT molecular complexity index is 530. The predicted molar refractivity (Wildman–Crippen MR) is 74.6 cm³/mol. The van der Waals surface area contributed by atoms with E-state index in [1.807, 2.05) is 0 Å². The van der Waals surface area contributed by atoms with Crippen molar-refractivity contribution in [3.63, 3.8) is 0 Å². The number of aryl methyl sites for hydroxylation is 1. The van der Waals surface area contributed by atoms with Crippen LogP contribution in [-0.4, -0.2) is 42.7 Å². The van der Waals surface area contributed by atoms with Gasteiger partial charge in [-0.25, -0.2) is 9.18 Å². The fourth-order valence-corrected chi connectivity index (χ4v) is 2.93. The van der Waals surface area contributed by atoms with Gasteiger partial charge in [0.05, 0.1) is 6.04 Å².